The Morgan fingerprint density at radius 1 is 1.53 bits per heavy atom. The van der Waals surface area contributed by atoms with Gasteiger partial charge in [-0.1, -0.05) is 19.9 Å². The molecule has 82 valence electrons. The highest BCUT2D eigenvalue weighted by atomic mass is 15.2. The highest BCUT2D eigenvalue weighted by Crippen LogP contribution is 2.34. The molecular weight excluding hydrogens is 184 g/mol. The third-order valence-corrected chi connectivity index (χ3v) is 3.19. The lowest BCUT2D eigenvalue weighted by atomic mass is 10.0. The van der Waals surface area contributed by atoms with Gasteiger partial charge in [0.25, 0.3) is 0 Å². The van der Waals surface area contributed by atoms with Gasteiger partial charge in [0.15, 0.2) is 0 Å². The van der Waals surface area contributed by atoms with E-state index in [0.717, 1.165) is 5.92 Å². The van der Waals surface area contributed by atoms with E-state index in [1.807, 2.05) is 18.5 Å². The highest BCUT2D eigenvalue weighted by molar-refractivity contribution is 5.15. The Morgan fingerprint density at radius 3 is 3.07 bits per heavy atom. The van der Waals surface area contributed by atoms with Crippen LogP contribution in [0, 0.1) is 5.92 Å². The van der Waals surface area contributed by atoms with Crippen molar-refractivity contribution in [1.29, 1.82) is 0 Å². The van der Waals surface area contributed by atoms with E-state index in [1.165, 1.54) is 31.5 Å². The molecule has 1 aromatic rings. The number of aromatic nitrogens is 1. The molecule has 1 saturated heterocycles. The Balaban J connectivity index is 2.13. The van der Waals surface area contributed by atoms with E-state index >= 15 is 0 Å². The van der Waals surface area contributed by atoms with E-state index in [-0.39, 0.29) is 0 Å². The lowest BCUT2D eigenvalue weighted by molar-refractivity contribution is 0.254. The van der Waals surface area contributed by atoms with E-state index in [2.05, 4.69) is 29.8 Å². The standard InChI is InChI=1S/C13H20N2/c1-3-7-15-10-11(2)8-13(15)12-5-4-6-14-9-12/h4-6,9,11,13H,3,7-8,10H2,1-2H3. The van der Waals surface area contributed by atoms with Gasteiger partial charge < -0.3 is 0 Å². The molecule has 0 aliphatic carbocycles. The van der Waals surface area contributed by atoms with Crippen LogP contribution in [0.2, 0.25) is 0 Å². The van der Waals surface area contributed by atoms with Gasteiger partial charge in [-0.25, -0.2) is 0 Å². The molecule has 0 saturated carbocycles. The van der Waals surface area contributed by atoms with Gasteiger partial charge in [-0.15, -0.1) is 0 Å². The second-order valence-corrected chi connectivity index (χ2v) is 4.64. The number of nitrogens with zero attached hydrogens (tertiary/aromatic N) is 2. The zero-order valence-corrected chi connectivity index (χ0v) is 9.69. The number of likely N-dealkylation sites (tertiary alicyclic amines) is 1. The van der Waals surface area contributed by atoms with E-state index < -0.39 is 0 Å². The fourth-order valence-electron chi connectivity index (χ4n) is 2.59. The van der Waals surface area contributed by atoms with Gasteiger partial charge >= 0.3 is 0 Å². The molecule has 1 aliphatic rings. The van der Waals surface area contributed by atoms with Crippen LogP contribution in [-0.2, 0) is 0 Å². The zero-order chi connectivity index (χ0) is 10.7. The molecular formula is C13H20N2. The summed E-state index contributed by atoms with van der Waals surface area (Å²) in [5.74, 6) is 0.821. The van der Waals surface area contributed by atoms with Crippen molar-refractivity contribution in [3.63, 3.8) is 0 Å². The van der Waals surface area contributed by atoms with Crippen LogP contribution in [0.25, 0.3) is 0 Å². The lowest BCUT2D eigenvalue weighted by Crippen LogP contribution is -2.24. The summed E-state index contributed by atoms with van der Waals surface area (Å²) in [6, 6.07) is 4.86. The van der Waals surface area contributed by atoms with Gasteiger partial charge in [0.05, 0.1) is 0 Å². The van der Waals surface area contributed by atoms with Crippen LogP contribution in [0.3, 0.4) is 0 Å². The number of hydrogen-bond donors (Lipinski definition) is 0. The number of hydrogen-bond acceptors (Lipinski definition) is 2. The first-order valence-electron chi connectivity index (χ1n) is 5.95. The fraction of sp³-hybridized carbons (Fsp3) is 0.615. The summed E-state index contributed by atoms with van der Waals surface area (Å²) in [5.41, 5.74) is 1.38. The van der Waals surface area contributed by atoms with Gasteiger partial charge in [-0.2, -0.15) is 0 Å². The average Bonchev–Trinajstić information content (AvgIpc) is 2.62. The third kappa shape index (κ3) is 2.37. The summed E-state index contributed by atoms with van der Waals surface area (Å²) < 4.78 is 0. The first kappa shape index (κ1) is 10.6. The molecule has 1 aliphatic heterocycles. The minimum absolute atomic E-state index is 0.605. The molecule has 0 spiro atoms. The molecule has 0 N–H and O–H groups in total. The molecule has 1 aromatic heterocycles. The molecule has 2 heteroatoms. The van der Waals surface area contributed by atoms with E-state index in [9.17, 15) is 0 Å². The van der Waals surface area contributed by atoms with Gasteiger partial charge in [-0.05, 0) is 36.9 Å². The van der Waals surface area contributed by atoms with E-state index in [1.54, 1.807) is 0 Å². The van der Waals surface area contributed by atoms with Crippen molar-refractivity contribution >= 4 is 0 Å². The van der Waals surface area contributed by atoms with Crippen molar-refractivity contribution in [1.82, 2.24) is 9.88 Å². The summed E-state index contributed by atoms with van der Waals surface area (Å²) in [4.78, 5) is 6.82. The second kappa shape index (κ2) is 4.75. The monoisotopic (exact) mass is 204 g/mol. The van der Waals surface area contributed by atoms with Gasteiger partial charge in [0.1, 0.15) is 0 Å². The predicted molar refractivity (Wildman–Crippen MR) is 62.6 cm³/mol. The number of rotatable bonds is 3. The Hall–Kier alpha value is -0.890. The van der Waals surface area contributed by atoms with Crippen molar-refractivity contribution in [3.05, 3.63) is 30.1 Å². The SMILES string of the molecule is CCCN1CC(C)CC1c1cccnc1. The van der Waals surface area contributed by atoms with Crippen molar-refractivity contribution in [2.75, 3.05) is 13.1 Å². The molecule has 2 nitrogen and oxygen atoms in total. The maximum atomic E-state index is 4.22. The van der Waals surface area contributed by atoms with Crippen molar-refractivity contribution in [2.24, 2.45) is 5.92 Å². The summed E-state index contributed by atoms with van der Waals surface area (Å²) in [5, 5.41) is 0. The van der Waals surface area contributed by atoms with Gasteiger partial charge in [-0.3, -0.25) is 9.88 Å². The van der Waals surface area contributed by atoms with Crippen LogP contribution < -0.4 is 0 Å². The molecule has 2 unspecified atom stereocenters. The first-order valence-corrected chi connectivity index (χ1v) is 5.95. The largest absolute Gasteiger partial charge is 0.296 e. The minimum Gasteiger partial charge on any atom is -0.296 e. The van der Waals surface area contributed by atoms with Gasteiger partial charge in [0, 0.05) is 25.0 Å². The maximum absolute atomic E-state index is 4.22. The van der Waals surface area contributed by atoms with E-state index in [4.69, 9.17) is 0 Å². The predicted octanol–water partition coefficient (Wildman–Crippen LogP) is 2.87. The molecule has 0 bridgehead atoms. The second-order valence-electron chi connectivity index (χ2n) is 4.64. The summed E-state index contributed by atoms with van der Waals surface area (Å²) in [6.07, 6.45) is 6.40. The average molecular weight is 204 g/mol. The Bertz CT molecular complexity index is 297. The fourth-order valence-corrected chi connectivity index (χ4v) is 2.59. The van der Waals surface area contributed by atoms with Crippen LogP contribution in [0.5, 0.6) is 0 Å². The van der Waals surface area contributed by atoms with Crippen molar-refractivity contribution in [3.8, 4) is 0 Å². The topological polar surface area (TPSA) is 16.1 Å². The Labute approximate surface area is 92.3 Å². The Morgan fingerprint density at radius 2 is 2.40 bits per heavy atom. The van der Waals surface area contributed by atoms with Crippen LogP contribution in [-0.4, -0.2) is 23.0 Å². The van der Waals surface area contributed by atoms with Crippen molar-refractivity contribution < 1.29 is 0 Å². The molecule has 0 aromatic carbocycles. The summed E-state index contributed by atoms with van der Waals surface area (Å²) in [6.45, 7) is 7.06. The maximum Gasteiger partial charge on any atom is 0.0366 e. The smallest absolute Gasteiger partial charge is 0.0366 e. The number of pyridine rings is 1. The summed E-state index contributed by atoms with van der Waals surface area (Å²) in [7, 11) is 0. The van der Waals surface area contributed by atoms with Crippen LogP contribution in [0.4, 0.5) is 0 Å². The molecule has 2 atom stereocenters. The lowest BCUT2D eigenvalue weighted by Gasteiger charge is -2.23. The first-order chi connectivity index (χ1) is 7.31. The molecule has 2 rings (SSSR count). The molecule has 1 fully saturated rings. The molecule has 15 heavy (non-hydrogen) atoms. The van der Waals surface area contributed by atoms with Crippen LogP contribution in [0.1, 0.15) is 38.3 Å². The minimum atomic E-state index is 0.605. The highest BCUT2D eigenvalue weighted by Gasteiger charge is 2.29. The van der Waals surface area contributed by atoms with Gasteiger partial charge in [0.2, 0.25) is 0 Å². The third-order valence-electron chi connectivity index (χ3n) is 3.19. The normalized spacial score (nSPS) is 27.1. The van der Waals surface area contributed by atoms with Crippen molar-refractivity contribution in [2.45, 2.75) is 32.7 Å². The van der Waals surface area contributed by atoms with Crippen LogP contribution >= 0.6 is 0 Å². The molecule has 2 heterocycles. The van der Waals surface area contributed by atoms with Crippen LogP contribution in [0.15, 0.2) is 24.5 Å². The summed E-state index contributed by atoms with van der Waals surface area (Å²) >= 11 is 0. The molecule has 0 radical (unpaired) electrons. The Kier molecular flexibility index (Phi) is 3.37. The zero-order valence-electron chi connectivity index (χ0n) is 9.69. The molecule has 0 amide bonds. The quantitative estimate of drug-likeness (QED) is 0.752. The van der Waals surface area contributed by atoms with E-state index in [0.29, 0.717) is 6.04 Å².